The van der Waals surface area contributed by atoms with Crippen molar-refractivity contribution in [2.75, 3.05) is 26.4 Å². The maximum atomic E-state index is 9.90. The predicted octanol–water partition coefficient (Wildman–Crippen LogP) is -12.2. The van der Waals surface area contributed by atoms with Crippen molar-refractivity contribution in [3.8, 4) is 0 Å². The molecule has 0 amide bonds. The van der Waals surface area contributed by atoms with E-state index in [1.165, 1.54) is 0 Å². The summed E-state index contributed by atoms with van der Waals surface area (Å²) in [6, 6.07) is 0. The highest BCUT2D eigenvalue weighted by atomic mass is 16.4. The Morgan fingerprint density at radius 1 is 0.295 bits per heavy atom. The number of carbonyl (C=O) groups excluding carboxylic acids is 4. The van der Waals surface area contributed by atoms with Crippen LogP contribution in [0.1, 0.15) is 0 Å². The van der Waals surface area contributed by atoms with Crippen LogP contribution in [0.25, 0.3) is 0 Å². The fraction of sp³-hybridized carbons (Fsp3) is 0.818. The van der Waals surface area contributed by atoms with E-state index in [2.05, 4.69) is 0 Å². The average molecular weight is 661 g/mol. The lowest BCUT2D eigenvalue weighted by Gasteiger charge is -2.22. The highest BCUT2D eigenvalue weighted by Crippen LogP contribution is 2.04. The maximum absolute atomic E-state index is 9.90. The number of rotatable bonds is 18. The fourth-order valence-corrected chi connectivity index (χ4v) is 2.07. The molecule has 0 saturated heterocycles. The van der Waals surface area contributed by atoms with Gasteiger partial charge in [0.2, 0.25) is 0 Å². The molecular formula is C22H44O22. The van der Waals surface area contributed by atoms with Crippen LogP contribution in [-0.4, -0.2) is 229 Å². The molecule has 0 aromatic rings. The average Bonchev–Trinajstić information content (AvgIpc) is 3.06. The first-order valence-corrected chi connectivity index (χ1v) is 12.1. The molecule has 0 spiro atoms. The van der Waals surface area contributed by atoms with Gasteiger partial charge in [0, 0.05) is 0 Å². The van der Waals surface area contributed by atoms with Crippen molar-refractivity contribution in [3.05, 3.63) is 0 Å². The number of aliphatic hydroxyl groups excluding tert-OH is 18. The standard InChI is InChI=1S/2C6H12O6.2C5H10O5/c2*7-1-3(9)5(11)6(12)4(10)2-8;2*6-1-3(8)5(10)4(9)2-7/h2*1,3-6,8-12H,2H2;2*1,3-5,7-10H,2H2/t2*3-,4+,5+,6+;2*3-,4+,5+/m0000/s1. The molecule has 0 saturated carbocycles. The summed E-state index contributed by atoms with van der Waals surface area (Å²) in [5.74, 6) is 0. The molecule has 18 N–H and O–H groups in total. The molecule has 14 atom stereocenters. The number of hydrogen-bond acceptors (Lipinski definition) is 22. The van der Waals surface area contributed by atoms with E-state index in [0.29, 0.717) is 0 Å². The van der Waals surface area contributed by atoms with E-state index < -0.39 is 112 Å². The quantitative estimate of drug-likeness (QED) is 0.0606. The highest BCUT2D eigenvalue weighted by Gasteiger charge is 2.30. The summed E-state index contributed by atoms with van der Waals surface area (Å²) in [7, 11) is 0. The van der Waals surface area contributed by atoms with E-state index in [-0.39, 0.29) is 25.1 Å². The van der Waals surface area contributed by atoms with Crippen molar-refractivity contribution < 1.29 is 111 Å². The number of aliphatic hydroxyl groups is 18. The molecule has 0 unspecified atom stereocenters. The maximum Gasteiger partial charge on any atom is 0.151 e. The second-order valence-electron chi connectivity index (χ2n) is 8.45. The largest absolute Gasteiger partial charge is 0.394 e. The summed E-state index contributed by atoms with van der Waals surface area (Å²) < 4.78 is 0. The van der Waals surface area contributed by atoms with Crippen LogP contribution in [0.4, 0.5) is 0 Å². The number of hydrogen-bond donors (Lipinski definition) is 18. The molecule has 0 fully saturated rings. The second-order valence-corrected chi connectivity index (χ2v) is 8.45. The Morgan fingerprint density at radius 2 is 0.455 bits per heavy atom. The van der Waals surface area contributed by atoms with E-state index in [4.69, 9.17) is 91.9 Å². The van der Waals surface area contributed by atoms with Gasteiger partial charge in [-0.15, -0.1) is 0 Å². The normalized spacial score (nSPS) is 20.4. The monoisotopic (exact) mass is 660 g/mol. The van der Waals surface area contributed by atoms with Crippen molar-refractivity contribution in [1.82, 2.24) is 0 Å². The van der Waals surface area contributed by atoms with Crippen LogP contribution in [0.15, 0.2) is 0 Å². The van der Waals surface area contributed by atoms with Gasteiger partial charge in [-0.3, -0.25) is 0 Å². The molecule has 22 nitrogen and oxygen atoms in total. The third-order valence-corrected chi connectivity index (χ3v) is 4.98. The van der Waals surface area contributed by atoms with Gasteiger partial charge in [-0.05, 0) is 0 Å². The number of aldehydes is 4. The zero-order valence-corrected chi connectivity index (χ0v) is 22.9. The molecule has 264 valence electrons. The van der Waals surface area contributed by atoms with Gasteiger partial charge in [0.05, 0.1) is 26.4 Å². The summed E-state index contributed by atoms with van der Waals surface area (Å²) in [5.41, 5.74) is 0. The predicted molar refractivity (Wildman–Crippen MR) is 137 cm³/mol. The minimum Gasteiger partial charge on any atom is -0.394 e. The van der Waals surface area contributed by atoms with Gasteiger partial charge in [0.15, 0.2) is 25.1 Å². The molecule has 44 heavy (non-hydrogen) atoms. The highest BCUT2D eigenvalue weighted by molar-refractivity contribution is 5.57. The Kier molecular flexibility index (Phi) is 31.6. The van der Waals surface area contributed by atoms with Gasteiger partial charge in [-0.2, -0.15) is 0 Å². The van der Waals surface area contributed by atoms with Crippen LogP contribution in [0.3, 0.4) is 0 Å². The first-order chi connectivity index (χ1) is 20.3. The first-order valence-electron chi connectivity index (χ1n) is 12.1. The second kappa shape index (κ2) is 28.4. The summed E-state index contributed by atoms with van der Waals surface area (Å²) in [6.07, 6.45) is -22.9. The first kappa shape index (κ1) is 48.9. The molecule has 0 aromatic carbocycles. The molecule has 0 aromatic heterocycles. The Bertz CT molecular complexity index is 658. The van der Waals surface area contributed by atoms with Gasteiger partial charge >= 0.3 is 0 Å². The topological polar surface area (TPSA) is 432 Å². The molecule has 0 aliphatic carbocycles. The van der Waals surface area contributed by atoms with Crippen LogP contribution < -0.4 is 0 Å². The van der Waals surface area contributed by atoms with Gasteiger partial charge in [-0.25, -0.2) is 0 Å². The SMILES string of the molecule is O=C[C@H](O)[C@@H](O)[C@H](O)CO.O=C[C@H](O)[C@@H](O)[C@H](O)CO.O=C[C@H](O)[C@@H](O)[C@H](O)[C@H](O)CO.O=C[C@H](O)[C@@H](O)[C@H](O)[C@H](O)CO. The van der Waals surface area contributed by atoms with Gasteiger partial charge in [-0.1, -0.05) is 0 Å². The van der Waals surface area contributed by atoms with Gasteiger partial charge in [0.25, 0.3) is 0 Å². The Hall–Kier alpha value is -2.04. The lowest BCUT2D eigenvalue weighted by molar-refractivity contribution is -0.136. The number of carbonyl (C=O) groups is 4. The summed E-state index contributed by atoms with van der Waals surface area (Å²) in [4.78, 5) is 39.3. The summed E-state index contributed by atoms with van der Waals surface area (Å²) in [6.45, 7) is -2.90. The fourth-order valence-electron chi connectivity index (χ4n) is 2.07. The Balaban J connectivity index is -0.000000243. The van der Waals surface area contributed by atoms with Crippen LogP contribution in [0, 0.1) is 0 Å². The zero-order valence-electron chi connectivity index (χ0n) is 22.9. The molecular weight excluding hydrogens is 616 g/mol. The summed E-state index contributed by atoms with van der Waals surface area (Å²) >= 11 is 0. The van der Waals surface area contributed by atoms with E-state index in [1.54, 1.807) is 0 Å². The molecule has 0 aliphatic heterocycles. The molecule has 0 heterocycles. The van der Waals surface area contributed by atoms with Crippen LogP contribution >= 0.6 is 0 Å². The molecule has 22 heteroatoms. The van der Waals surface area contributed by atoms with Crippen LogP contribution in [-0.2, 0) is 19.2 Å². The minimum absolute atomic E-state index is 0.0258. The Morgan fingerprint density at radius 3 is 0.614 bits per heavy atom. The van der Waals surface area contributed by atoms with E-state index in [1.807, 2.05) is 0 Å². The molecule has 0 bridgehead atoms. The minimum atomic E-state index is -1.79. The van der Waals surface area contributed by atoms with E-state index in [0.717, 1.165) is 0 Å². The van der Waals surface area contributed by atoms with Crippen molar-refractivity contribution in [1.29, 1.82) is 0 Å². The van der Waals surface area contributed by atoms with Crippen molar-refractivity contribution >= 4 is 25.1 Å². The van der Waals surface area contributed by atoms with E-state index >= 15 is 0 Å². The molecule has 0 rings (SSSR count). The molecule has 0 aliphatic rings. The third-order valence-electron chi connectivity index (χ3n) is 4.98. The lowest BCUT2D eigenvalue weighted by atomic mass is 10.0. The third kappa shape index (κ3) is 20.8. The van der Waals surface area contributed by atoms with Crippen LogP contribution in [0.5, 0.6) is 0 Å². The van der Waals surface area contributed by atoms with Crippen molar-refractivity contribution in [2.24, 2.45) is 0 Å². The molecule has 0 radical (unpaired) electrons. The van der Waals surface area contributed by atoms with Crippen molar-refractivity contribution in [2.45, 2.75) is 85.5 Å². The summed E-state index contributed by atoms with van der Waals surface area (Å²) in [5, 5.41) is 155. The smallest absolute Gasteiger partial charge is 0.151 e. The van der Waals surface area contributed by atoms with Gasteiger partial charge < -0.3 is 111 Å². The van der Waals surface area contributed by atoms with E-state index in [9.17, 15) is 19.2 Å². The van der Waals surface area contributed by atoms with Crippen LogP contribution in [0.2, 0.25) is 0 Å². The van der Waals surface area contributed by atoms with Crippen molar-refractivity contribution in [3.63, 3.8) is 0 Å². The Labute approximate surface area is 248 Å². The van der Waals surface area contributed by atoms with Gasteiger partial charge in [0.1, 0.15) is 85.5 Å². The zero-order chi connectivity index (χ0) is 35.7. The lowest BCUT2D eigenvalue weighted by Crippen LogP contribution is -2.46.